The molecule has 32 heavy (non-hydrogen) atoms. The van der Waals surface area contributed by atoms with E-state index < -0.39 is 7.12 Å². The standard InChI is InChI=1S/C28H22BNO2/c31-29(32)25-14-18-28(19-15-25)30(26-8-2-1-3-9-26)27-16-12-22(13-17-27)24-11-10-21-6-4-5-7-23(21)20-24/h1-20,31-32H. The van der Waals surface area contributed by atoms with Gasteiger partial charge in [-0.2, -0.15) is 0 Å². The molecule has 0 saturated heterocycles. The van der Waals surface area contributed by atoms with Gasteiger partial charge in [0.05, 0.1) is 0 Å². The molecule has 0 radical (unpaired) electrons. The fourth-order valence-electron chi connectivity index (χ4n) is 3.99. The van der Waals surface area contributed by atoms with Crippen LogP contribution in [0.3, 0.4) is 0 Å². The summed E-state index contributed by atoms with van der Waals surface area (Å²) >= 11 is 0. The smallest absolute Gasteiger partial charge is 0.423 e. The number of anilines is 3. The Morgan fingerprint density at radius 2 is 1.00 bits per heavy atom. The number of para-hydroxylation sites is 1. The van der Waals surface area contributed by atoms with E-state index in [4.69, 9.17) is 0 Å². The zero-order valence-corrected chi connectivity index (χ0v) is 17.5. The molecule has 0 heterocycles. The van der Waals surface area contributed by atoms with Gasteiger partial charge < -0.3 is 14.9 Å². The third-order valence-electron chi connectivity index (χ3n) is 5.67. The van der Waals surface area contributed by atoms with Gasteiger partial charge in [-0.1, -0.05) is 78.9 Å². The predicted molar refractivity (Wildman–Crippen MR) is 134 cm³/mol. The summed E-state index contributed by atoms with van der Waals surface area (Å²) in [5, 5.41) is 21.3. The molecule has 154 valence electrons. The van der Waals surface area contributed by atoms with Gasteiger partial charge in [-0.15, -0.1) is 0 Å². The van der Waals surface area contributed by atoms with Crippen LogP contribution in [0.15, 0.2) is 121 Å². The molecule has 5 aromatic rings. The Morgan fingerprint density at radius 1 is 0.469 bits per heavy atom. The van der Waals surface area contributed by atoms with Crippen LogP contribution in [-0.2, 0) is 0 Å². The second kappa shape index (κ2) is 8.71. The van der Waals surface area contributed by atoms with Crippen molar-refractivity contribution in [2.45, 2.75) is 0 Å². The molecule has 0 atom stereocenters. The molecule has 0 aliphatic rings. The maximum absolute atomic E-state index is 9.43. The molecule has 0 bridgehead atoms. The van der Waals surface area contributed by atoms with Crippen molar-refractivity contribution in [3.8, 4) is 11.1 Å². The van der Waals surface area contributed by atoms with Gasteiger partial charge in [0.25, 0.3) is 0 Å². The summed E-state index contributed by atoms with van der Waals surface area (Å²) in [6.45, 7) is 0. The molecule has 0 aromatic heterocycles. The van der Waals surface area contributed by atoms with E-state index in [1.807, 2.05) is 30.3 Å². The summed E-state index contributed by atoms with van der Waals surface area (Å²) in [4.78, 5) is 2.15. The molecule has 0 aliphatic carbocycles. The highest BCUT2D eigenvalue weighted by atomic mass is 16.4. The number of nitrogens with zero attached hydrogens (tertiary/aromatic N) is 1. The molecule has 0 amide bonds. The van der Waals surface area contributed by atoms with E-state index in [1.165, 1.54) is 16.3 Å². The highest BCUT2D eigenvalue weighted by Gasteiger charge is 2.15. The summed E-state index contributed by atoms with van der Waals surface area (Å²) in [6, 6.07) is 40.9. The van der Waals surface area contributed by atoms with Crippen LogP contribution in [0.1, 0.15) is 0 Å². The lowest BCUT2D eigenvalue weighted by molar-refractivity contribution is 0.426. The van der Waals surface area contributed by atoms with Gasteiger partial charge in [0.15, 0.2) is 0 Å². The maximum Gasteiger partial charge on any atom is 0.488 e. The first-order valence-corrected chi connectivity index (χ1v) is 10.6. The molecule has 0 aliphatic heterocycles. The van der Waals surface area contributed by atoms with Crippen molar-refractivity contribution in [2.24, 2.45) is 0 Å². The molecule has 5 aromatic carbocycles. The largest absolute Gasteiger partial charge is 0.488 e. The number of fused-ring (bicyclic) bond motifs is 1. The first kappa shape index (κ1) is 20.1. The maximum atomic E-state index is 9.43. The summed E-state index contributed by atoms with van der Waals surface area (Å²) in [5.74, 6) is 0. The summed E-state index contributed by atoms with van der Waals surface area (Å²) < 4.78 is 0. The predicted octanol–water partition coefficient (Wildman–Crippen LogP) is 5.66. The van der Waals surface area contributed by atoms with Crippen molar-refractivity contribution in [1.29, 1.82) is 0 Å². The fraction of sp³-hybridized carbons (Fsp3) is 0. The number of hydrogen-bond donors (Lipinski definition) is 2. The van der Waals surface area contributed by atoms with Gasteiger partial charge in [-0.25, -0.2) is 0 Å². The number of benzene rings is 5. The minimum atomic E-state index is -1.48. The molecule has 4 heteroatoms. The van der Waals surface area contributed by atoms with Gasteiger partial charge in [-0.3, -0.25) is 0 Å². The molecule has 2 N–H and O–H groups in total. The van der Waals surface area contributed by atoms with Crippen molar-refractivity contribution >= 4 is 40.4 Å². The Bertz CT molecular complexity index is 1330. The average Bonchev–Trinajstić information content (AvgIpc) is 2.85. The van der Waals surface area contributed by atoms with Crippen molar-refractivity contribution in [3.05, 3.63) is 121 Å². The molecular weight excluding hydrogens is 393 g/mol. The number of rotatable bonds is 5. The van der Waals surface area contributed by atoms with Gasteiger partial charge in [0, 0.05) is 17.1 Å². The Kier molecular flexibility index (Phi) is 5.47. The zero-order chi connectivity index (χ0) is 21.9. The van der Waals surface area contributed by atoms with E-state index in [9.17, 15) is 10.0 Å². The highest BCUT2D eigenvalue weighted by Crippen LogP contribution is 2.35. The molecular formula is C28H22BNO2. The number of hydrogen-bond acceptors (Lipinski definition) is 3. The normalized spacial score (nSPS) is 10.8. The molecule has 0 spiro atoms. The molecule has 3 nitrogen and oxygen atoms in total. The monoisotopic (exact) mass is 415 g/mol. The van der Waals surface area contributed by atoms with Crippen LogP contribution in [-0.4, -0.2) is 17.2 Å². The van der Waals surface area contributed by atoms with Crippen LogP contribution < -0.4 is 10.4 Å². The Labute approximate surface area is 188 Å². The second-order valence-electron chi connectivity index (χ2n) is 7.74. The van der Waals surface area contributed by atoms with Gasteiger partial charge in [-0.05, 0) is 69.8 Å². The molecule has 0 fully saturated rings. The van der Waals surface area contributed by atoms with Crippen LogP contribution in [0.4, 0.5) is 17.1 Å². The van der Waals surface area contributed by atoms with Gasteiger partial charge in [0.1, 0.15) is 0 Å². The van der Waals surface area contributed by atoms with Gasteiger partial charge >= 0.3 is 7.12 Å². The van der Waals surface area contributed by atoms with E-state index in [1.54, 1.807) is 12.1 Å². The second-order valence-corrected chi connectivity index (χ2v) is 7.74. The zero-order valence-electron chi connectivity index (χ0n) is 17.5. The van der Waals surface area contributed by atoms with Crippen molar-refractivity contribution in [2.75, 3.05) is 4.90 Å². The van der Waals surface area contributed by atoms with Crippen molar-refractivity contribution < 1.29 is 10.0 Å². The van der Waals surface area contributed by atoms with E-state index >= 15 is 0 Å². The Morgan fingerprint density at radius 3 is 1.66 bits per heavy atom. The average molecular weight is 415 g/mol. The highest BCUT2D eigenvalue weighted by molar-refractivity contribution is 6.58. The lowest BCUT2D eigenvalue weighted by Gasteiger charge is -2.26. The van der Waals surface area contributed by atoms with Crippen LogP contribution in [0.2, 0.25) is 0 Å². The summed E-state index contributed by atoms with van der Waals surface area (Å²) in [5.41, 5.74) is 5.81. The van der Waals surface area contributed by atoms with E-state index in [0.29, 0.717) is 5.46 Å². The molecule has 0 saturated carbocycles. The lowest BCUT2D eigenvalue weighted by atomic mass is 9.80. The Hall–Kier alpha value is -3.86. The van der Waals surface area contributed by atoms with Crippen molar-refractivity contribution in [1.82, 2.24) is 0 Å². The third kappa shape index (κ3) is 4.02. The third-order valence-corrected chi connectivity index (χ3v) is 5.67. The molecule has 5 rings (SSSR count). The molecule has 0 unspecified atom stereocenters. The van der Waals surface area contributed by atoms with Crippen LogP contribution in [0.25, 0.3) is 21.9 Å². The van der Waals surface area contributed by atoms with E-state index in [0.717, 1.165) is 22.6 Å². The van der Waals surface area contributed by atoms with Crippen LogP contribution >= 0.6 is 0 Å². The first-order chi connectivity index (χ1) is 15.7. The minimum Gasteiger partial charge on any atom is -0.423 e. The van der Waals surface area contributed by atoms with Crippen LogP contribution in [0.5, 0.6) is 0 Å². The summed E-state index contributed by atoms with van der Waals surface area (Å²) in [7, 11) is -1.48. The quantitative estimate of drug-likeness (QED) is 0.364. The Balaban J connectivity index is 1.53. The van der Waals surface area contributed by atoms with Gasteiger partial charge in [0.2, 0.25) is 0 Å². The topological polar surface area (TPSA) is 43.7 Å². The van der Waals surface area contributed by atoms with Crippen LogP contribution in [0, 0.1) is 0 Å². The minimum absolute atomic E-state index is 0.466. The van der Waals surface area contributed by atoms with E-state index in [2.05, 4.69) is 83.8 Å². The first-order valence-electron chi connectivity index (χ1n) is 10.6. The summed E-state index contributed by atoms with van der Waals surface area (Å²) in [6.07, 6.45) is 0. The SMILES string of the molecule is OB(O)c1ccc(N(c2ccccc2)c2ccc(-c3ccc4ccccc4c3)cc2)cc1. The fourth-order valence-corrected chi connectivity index (χ4v) is 3.99. The van der Waals surface area contributed by atoms with E-state index in [-0.39, 0.29) is 0 Å². The van der Waals surface area contributed by atoms with Crippen molar-refractivity contribution in [3.63, 3.8) is 0 Å². The lowest BCUT2D eigenvalue weighted by Crippen LogP contribution is -2.29.